The van der Waals surface area contributed by atoms with Gasteiger partial charge >= 0.3 is 0 Å². The quantitative estimate of drug-likeness (QED) is 0.482. The zero-order valence-corrected chi connectivity index (χ0v) is 9.95. The number of Topliss-reactive ketones (excluding diaryl/α,β-unsaturated/α-hetero) is 1. The van der Waals surface area contributed by atoms with Gasteiger partial charge in [-0.25, -0.2) is 0 Å². The van der Waals surface area contributed by atoms with E-state index < -0.39 is 17.5 Å². The molecule has 2 rings (SSSR count). The highest BCUT2D eigenvalue weighted by Crippen LogP contribution is 2.38. The Morgan fingerprint density at radius 1 is 1.15 bits per heavy atom. The van der Waals surface area contributed by atoms with Crippen molar-refractivity contribution in [3.8, 4) is 12.1 Å². The summed E-state index contributed by atoms with van der Waals surface area (Å²) in [5.41, 5.74) is -0.647. The number of aliphatic hydroxyl groups is 1. The highest BCUT2D eigenvalue weighted by molar-refractivity contribution is 6.16. The number of hydrogen-bond donors (Lipinski definition) is 1. The standard InChI is InChI=1S/C14H6N2O4/c15-3-9(4-16)12-13(19)10-1-7(5-17)8(6-18)2-11(10)14(12)20/h1-2,5-6,13,19H. The molecule has 20 heavy (non-hydrogen) atoms. The molecule has 0 aromatic heterocycles. The maximum atomic E-state index is 12.1. The lowest BCUT2D eigenvalue weighted by atomic mass is 10.0. The molecule has 0 heterocycles. The molecule has 1 aliphatic carbocycles. The van der Waals surface area contributed by atoms with E-state index in [1.54, 1.807) is 12.1 Å². The van der Waals surface area contributed by atoms with Crippen molar-refractivity contribution in [2.75, 3.05) is 0 Å². The number of nitrogens with zero attached hydrogens (tertiary/aromatic N) is 2. The fraction of sp³-hybridized carbons (Fsp3) is 0.0714. The fourth-order valence-corrected chi connectivity index (χ4v) is 2.10. The summed E-state index contributed by atoms with van der Waals surface area (Å²) >= 11 is 0. The van der Waals surface area contributed by atoms with Crippen LogP contribution in [0, 0.1) is 22.7 Å². The predicted octanol–water partition coefficient (Wildman–Crippen LogP) is 0.885. The molecular weight excluding hydrogens is 260 g/mol. The van der Waals surface area contributed by atoms with Crippen LogP contribution in [0.15, 0.2) is 23.3 Å². The average molecular weight is 266 g/mol. The second-order valence-corrected chi connectivity index (χ2v) is 4.05. The van der Waals surface area contributed by atoms with E-state index in [9.17, 15) is 19.5 Å². The molecule has 1 atom stereocenters. The molecule has 0 amide bonds. The largest absolute Gasteiger partial charge is 0.383 e. The van der Waals surface area contributed by atoms with Crippen LogP contribution in [0.2, 0.25) is 0 Å². The molecule has 96 valence electrons. The topological polar surface area (TPSA) is 119 Å². The Kier molecular flexibility index (Phi) is 3.26. The lowest BCUT2D eigenvalue weighted by Crippen LogP contribution is -2.02. The average Bonchev–Trinajstić information content (AvgIpc) is 2.71. The summed E-state index contributed by atoms with van der Waals surface area (Å²) in [5, 5.41) is 27.6. The van der Waals surface area contributed by atoms with Gasteiger partial charge in [0.1, 0.15) is 23.8 Å². The molecule has 6 heteroatoms. The molecule has 1 unspecified atom stereocenters. The Morgan fingerprint density at radius 3 is 2.20 bits per heavy atom. The van der Waals surface area contributed by atoms with Crippen LogP contribution < -0.4 is 0 Å². The Balaban J connectivity index is 2.77. The first kappa shape index (κ1) is 13.3. The SMILES string of the molecule is N#CC(C#N)=C1C(=O)c2cc(C=O)c(C=O)cc2C1O. The minimum absolute atomic E-state index is 0.0102. The molecule has 0 radical (unpaired) electrons. The van der Waals surface area contributed by atoms with Crippen molar-refractivity contribution < 1.29 is 19.5 Å². The molecule has 1 N–H and O–H groups in total. The van der Waals surface area contributed by atoms with Crippen molar-refractivity contribution in [3.05, 3.63) is 45.5 Å². The summed E-state index contributed by atoms with van der Waals surface area (Å²) in [5.74, 6) is -0.689. The number of hydrogen-bond acceptors (Lipinski definition) is 6. The van der Waals surface area contributed by atoms with Gasteiger partial charge in [-0.05, 0) is 17.7 Å². The summed E-state index contributed by atoms with van der Waals surface area (Å²) in [6, 6.07) is 5.48. The molecule has 0 bridgehead atoms. The van der Waals surface area contributed by atoms with E-state index in [1.165, 1.54) is 12.1 Å². The van der Waals surface area contributed by atoms with E-state index in [2.05, 4.69) is 0 Å². The normalized spacial score (nSPS) is 16.1. The monoisotopic (exact) mass is 266 g/mol. The maximum Gasteiger partial charge on any atom is 0.194 e. The molecular formula is C14H6N2O4. The Hall–Kier alpha value is -3.09. The van der Waals surface area contributed by atoms with Crippen LogP contribution in [0.5, 0.6) is 0 Å². The van der Waals surface area contributed by atoms with E-state index in [-0.39, 0.29) is 27.8 Å². The van der Waals surface area contributed by atoms with Gasteiger partial charge in [-0.15, -0.1) is 0 Å². The van der Waals surface area contributed by atoms with E-state index in [4.69, 9.17) is 10.5 Å². The number of benzene rings is 1. The van der Waals surface area contributed by atoms with Crippen LogP contribution in [0.3, 0.4) is 0 Å². The minimum Gasteiger partial charge on any atom is -0.383 e. The molecule has 0 fully saturated rings. The summed E-state index contributed by atoms with van der Waals surface area (Å²) in [6.07, 6.45) is -0.606. The zero-order chi connectivity index (χ0) is 14.9. The van der Waals surface area contributed by atoms with Crippen molar-refractivity contribution in [1.82, 2.24) is 0 Å². The van der Waals surface area contributed by atoms with Crippen LogP contribution in [-0.4, -0.2) is 23.5 Å². The molecule has 0 aliphatic heterocycles. The number of carbonyl (C=O) groups is 3. The van der Waals surface area contributed by atoms with Crippen molar-refractivity contribution >= 4 is 18.4 Å². The molecule has 6 nitrogen and oxygen atoms in total. The van der Waals surface area contributed by atoms with Gasteiger partial charge in [-0.2, -0.15) is 10.5 Å². The lowest BCUT2D eigenvalue weighted by molar-refractivity contribution is 0.101. The first-order valence-corrected chi connectivity index (χ1v) is 5.44. The number of nitriles is 2. The van der Waals surface area contributed by atoms with Crippen LogP contribution in [-0.2, 0) is 0 Å². The Labute approximate surface area is 113 Å². The lowest BCUT2D eigenvalue weighted by Gasteiger charge is -2.05. The van der Waals surface area contributed by atoms with Crippen LogP contribution >= 0.6 is 0 Å². The van der Waals surface area contributed by atoms with Gasteiger partial charge in [-0.1, -0.05) is 0 Å². The van der Waals surface area contributed by atoms with Crippen LogP contribution in [0.4, 0.5) is 0 Å². The van der Waals surface area contributed by atoms with Crippen LogP contribution in [0.1, 0.15) is 42.7 Å². The first-order chi connectivity index (χ1) is 9.58. The third-order valence-electron chi connectivity index (χ3n) is 3.06. The van der Waals surface area contributed by atoms with Gasteiger partial charge in [0.05, 0.1) is 5.57 Å². The van der Waals surface area contributed by atoms with Gasteiger partial charge in [0.25, 0.3) is 0 Å². The number of fused-ring (bicyclic) bond motifs is 1. The number of aldehydes is 2. The number of rotatable bonds is 2. The molecule has 1 aliphatic rings. The Morgan fingerprint density at radius 2 is 1.70 bits per heavy atom. The number of ketones is 1. The molecule has 0 spiro atoms. The van der Waals surface area contributed by atoms with Crippen LogP contribution in [0.25, 0.3) is 0 Å². The number of aliphatic hydroxyl groups excluding tert-OH is 1. The van der Waals surface area contributed by atoms with Gasteiger partial charge < -0.3 is 5.11 Å². The van der Waals surface area contributed by atoms with Crippen molar-refractivity contribution in [3.63, 3.8) is 0 Å². The number of allylic oxidation sites excluding steroid dienone is 1. The molecule has 1 aromatic carbocycles. The summed E-state index contributed by atoms with van der Waals surface area (Å²) < 4.78 is 0. The highest BCUT2D eigenvalue weighted by atomic mass is 16.3. The third-order valence-corrected chi connectivity index (χ3v) is 3.06. The second kappa shape index (κ2) is 4.88. The van der Waals surface area contributed by atoms with E-state index in [0.717, 1.165) is 0 Å². The summed E-state index contributed by atoms with van der Waals surface area (Å²) in [6.45, 7) is 0. The van der Waals surface area contributed by atoms with E-state index in [0.29, 0.717) is 12.6 Å². The maximum absolute atomic E-state index is 12.1. The van der Waals surface area contributed by atoms with E-state index >= 15 is 0 Å². The predicted molar refractivity (Wildman–Crippen MR) is 64.8 cm³/mol. The van der Waals surface area contributed by atoms with Crippen molar-refractivity contribution in [2.45, 2.75) is 6.10 Å². The molecule has 0 saturated carbocycles. The zero-order valence-electron chi connectivity index (χ0n) is 9.95. The Bertz CT molecular complexity index is 747. The van der Waals surface area contributed by atoms with Gasteiger partial charge in [0.15, 0.2) is 18.4 Å². The molecule has 1 aromatic rings. The first-order valence-electron chi connectivity index (χ1n) is 5.44. The molecule has 0 saturated heterocycles. The minimum atomic E-state index is -1.45. The van der Waals surface area contributed by atoms with Crippen molar-refractivity contribution in [2.24, 2.45) is 0 Å². The van der Waals surface area contributed by atoms with E-state index in [1.807, 2.05) is 0 Å². The van der Waals surface area contributed by atoms with Gasteiger partial charge in [-0.3, -0.25) is 14.4 Å². The number of carbonyl (C=O) groups excluding carboxylic acids is 3. The summed E-state index contributed by atoms with van der Waals surface area (Å²) in [7, 11) is 0. The highest BCUT2D eigenvalue weighted by Gasteiger charge is 2.37. The van der Waals surface area contributed by atoms with Gasteiger partial charge in [0, 0.05) is 16.7 Å². The smallest absolute Gasteiger partial charge is 0.194 e. The van der Waals surface area contributed by atoms with Crippen molar-refractivity contribution in [1.29, 1.82) is 10.5 Å². The second-order valence-electron chi connectivity index (χ2n) is 4.05. The summed E-state index contributed by atoms with van der Waals surface area (Å²) in [4.78, 5) is 33.8. The third kappa shape index (κ3) is 1.72. The van der Waals surface area contributed by atoms with Gasteiger partial charge in [0.2, 0.25) is 0 Å². The fourth-order valence-electron chi connectivity index (χ4n) is 2.10.